The van der Waals surface area contributed by atoms with Gasteiger partial charge in [-0.25, -0.2) is 4.79 Å². The van der Waals surface area contributed by atoms with E-state index in [1.165, 1.54) is 0 Å². The lowest BCUT2D eigenvalue weighted by Gasteiger charge is -2.63. The van der Waals surface area contributed by atoms with Gasteiger partial charge in [-0.3, -0.25) is 0 Å². The topological polar surface area (TPSA) is 37.3 Å². The van der Waals surface area contributed by atoms with E-state index in [-0.39, 0.29) is 16.6 Å². The van der Waals surface area contributed by atoms with Crippen LogP contribution in [-0.4, -0.2) is 34.8 Å². The molecule has 0 unspecified atom stereocenters. The maximum atomic E-state index is 12.8. The number of rotatable bonds is 18. The number of hydrogen-bond donors (Lipinski definition) is 1. The Morgan fingerprint density at radius 1 is 0.207 bits per heavy atom. The van der Waals surface area contributed by atoms with Crippen LogP contribution in [-0.2, 0) is 4.79 Å². The van der Waals surface area contributed by atoms with Gasteiger partial charge in [0.05, 0.1) is 0 Å². The zero-order valence-corrected chi connectivity index (χ0v) is 104. The van der Waals surface area contributed by atoms with Gasteiger partial charge in [-0.2, -0.15) is 0 Å². The van der Waals surface area contributed by atoms with E-state index in [4.69, 9.17) is 0 Å². The summed E-state index contributed by atoms with van der Waals surface area (Å²) in [5.41, 5.74) is 0. The zero-order chi connectivity index (χ0) is 48.6. The summed E-state index contributed by atoms with van der Waals surface area (Å²) in [7, 11) is 0. The average Bonchev–Trinajstić information content (AvgIpc) is 2.98. The van der Waals surface area contributed by atoms with Crippen molar-refractivity contribution < 1.29 is 9.90 Å². The first-order valence-corrected chi connectivity index (χ1v) is 51.8. The predicted molar refractivity (Wildman–Crippen MR) is 576 cm³/mol. The van der Waals surface area contributed by atoms with E-state index in [1.54, 1.807) is 0 Å². The largest absolute Gasteiger partial charge is 0.480 e. The van der Waals surface area contributed by atoms with Crippen molar-refractivity contribution in [2.24, 2.45) is 0 Å². The third-order valence-electron chi connectivity index (χ3n) is 6.93. The molecule has 0 radical (unpaired) electrons. The van der Waals surface area contributed by atoms with E-state index in [9.17, 15) is 9.90 Å². The molecule has 0 aliphatic heterocycles. The molecule has 0 aromatic carbocycles. The monoisotopic (exact) mass is 4960 g/mol. The van der Waals surface area contributed by atoms with Gasteiger partial charge in [-0.05, 0) is 0 Å². The van der Waals surface area contributed by atoms with Crippen molar-refractivity contribution >= 4 is 842 Å². The predicted octanol–water partition coefficient (Wildman–Crippen LogP) is 28.7. The molecule has 0 bridgehead atoms. The lowest BCUT2D eigenvalue weighted by atomic mass is 10.0. The molecule has 0 aromatic rings. The van der Waals surface area contributed by atoms with Crippen molar-refractivity contribution in [2.45, 2.75) is 23.7 Å². The molecule has 2 nitrogen and oxygen atoms in total. The summed E-state index contributed by atoms with van der Waals surface area (Å²) in [6.45, 7) is 0. The summed E-state index contributed by atoms with van der Waals surface area (Å²) in [5, 5.41) is 10.5. The smallest absolute Gasteiger partial charge is 0.332 e. The van der Waals surface area contributed by atoms with Gasteiger partial charge < -0.3 is 5.11 Å². The number of alkyl halides is 37. The Bertz CT molecular complexity index is 1540. The second-order valence-corrected chi connectivity index (χ2v) is 112. The Balaban J connectivity index is 7.90. The van der Waals surface area contributed by atoms with Crippen LogP contribution in [0.15, 0.2) is 0 Å². The number of carboxylic acids is 1. The lowest BCUT2D eigenvalue weighted by molar-refractivity contribution is -0.136. The molecule has 0 atom stereocenters. The van der Waals surface area contributed by atoms with Gasteiger partial charge in [-0.1, -0.05) is 836 Å². The van der Waals surface area contributed by atoms with Crippen molar-refractivity contribution in [1.82, 2.24) is 0 Å². The highest BCUT2D eigenvalue weighted by Gasteiger charge is 2.84. The summed E-state index contributed by atoms with van der Waals surface area (Å²) in [6.07, 6.45) is 0. The standard InChI is InChI=1S/C19HI37O2/c20-2(21,1(57)58)3(22,23)4(24,25)5(26,27)6(28,29)7(30,31)8(32,33)9(34,35)10(36,37)11(38,39)12(40,41)13(42,43)14(44,45)15(46,47)16(48,49)17(50,51)18(52,53)19(54,55)56/h(H,57,58). The third-order valence-corrected chi connectivity index (χ3v) is 136. The van der Waals surface area contributed by atoms with Crippen molar-refractivity contribution in [3.63, 3.8) is 0 Å². The summed E-state index contributed by atoms with van der Waals surface area (Å²) in [6, 6.07) is 0. The van der Waals surface area contributed by atoms with Gasteiger partial charge in [0.25, 0.3) is 0 Å². The first kappa shape index (κ1) is 84.5. The van der Waals surface area contributed by atoms with Crippen LogP contribution in [0.25, 0.3) is 0 Å². The van der Waals surface area contributed by atoms with E-state index in [0.717, 1.165) is 0 Å². The molecule has 0 saturated heterocycles. The molecule has 0 rings (SSSR count). The minimum absolute atomic E-state index is 0.0279. The maximum Gasteiger partial charge on any atom is 0.332 e. The molecule has 0 aromatic heterocycles. The molecule has 0 amide bonds. The highest BCUT2D eigenvalue weighted by atomic mass is 127. The van der Waals surface area contributed by atoms with Crippen LogP contribution >= 0.6 is 836 Å². The molecule has 1 N–H and O–H groups in total. The molecule has 0 heterocycles. The minimum atomic E-state index is -1.06. The SMILES string of the molecule is O=C(O)C(I)(I)C(I)(I)C(I)(I)C(I)(I)C(I)(I)C(I)(I)C(I)(I)C(I)(I)C(I)(I)C(I)(I)C(I)(I)C(I)(I)C(I)(I)C(I)(I)C(I)(I)C(I)(I)C(I)(I)C(I)(I)I. The van der Waals surface area contributed by atoms with E-state index in [2.05, 4.69) is 836 Å². The molecule has 348 valence electrons. The first-order valence-electron chi connectivity index (χ1n) is 11.9. The van der Waals surface area contributed by atoms with Gasteiger partial charge in [0.15, 0.2) is 1.43 Å². The van der Waals surface area contributed by atoms with Crippen LogP contribution in [0.4, 0.5) is 0 Å². The summed E-state index contributed by atoms with van der Waals surface area (Å²) < 4.78 is -6.52. The fraction of sp³-hybridized carbons (Fsp3) is 0.947. The number of carboxylic acid groups (broad SMARTS) is 1. The third kappa shape index (κ3) is 15.9. The van der Waals surface area contributed by atoms with E-state index in [0.29, 0.717) is 0 Å². The average molecular weight is 4960 g/mol. The van der Waals surface area contributed by atoms with Gasteiger partial charge in [-0.15, -0.1) is 0 Å². The Morgan fingerprint density at radius 3 is 0.414 bits per heavy atom. The lowest BCUT2D eigenvalue weighted by Crippen LogP contribution is -2.73. The molecule has 0 aliphatic carbocycles. The molecular weight excluding hydrogens is 4960 g/mol. The van der Waals surface area contributed by atoms with Crippen molar-refractivity contribution in [2.75, 3.05) is 0 Å². The summed E-state index contributed by atoms with van der Waals surface area (Å²) >= 11 is 99.7. The number of carbonyl (C=O) groups is 1. The summed E-state index contributed by atoms with van der Waals surface area (Å²) in [4.78, 5) is 12.8. The maximum absolute atomic E-state index is 12.8. The fourth-order valence-corrected chi connectivity index (χ4v) is 64.1. The van der Waals surface area contributed by atoms with Crippen LogP contribution in [0.2, 0.25) is 0 Å². The second-order valence-electron chi connectivity index (χ2n) is 10.6. The highest BCUT2D eigenvalue weighted by molar-refractivity contribution is 14.3. The number of halogens is 37. The van der Waals surface area contributed by atoms with Gasteiger partial charge in [0.1, 0.15) is 22.3 Å². The van der Waals surface area contributed by atoms with E-state index < -0.39 is 13.1 Å². The van der Waals surface area contributed by atoms with Crippen LogP contribution in [0.5, 0.6) is 0 Å². The quantitative estimate of drug-likeness (QED) is 0.110. The van der Waals surface area contributed by atoms with E-state index >= 15 is 0 Å². The normalized spacial score (nSPS) is 17.2. The van der Waals surface area contributed by atoms with Gasteiger partial charge >= 0.3 is 5.97 Å². The minimum Gasteiger partial charge on any atom is -0.480 e. The molecule has 0 saturated carbocycles. The van der Waals surface area contributed by atoms with Crippen molar-refractivity contribution in [1.29, 1.82) is 0 Å². The Hall–Kier alpha value is 26.5. The highest BCUT2D eigenvalue weighted by Crippen LogP contribution is 2.85. The Labute approximate surface area is 845 Å². The van der Waals surface area contributed by atoms with E-state index in [1.807, 2.05) is 0 Å². The molecule has 39 heteroatoms. The van der Waals surface area contributed by atoms with Crippen molar-refractivity contribution in [3.8, 4) is 0 Å². The summed E-state index contributed by atoms with van der Waals surface area (Å²) in [5.74, 6) is -0.818. The first-order chi connectivity index (χ1) is 24.2. The number of hydrogen-bond acceptors (Lipinski definition) is 1. The fourth-order valence-electron chi connectivity index (χ4n) is 3.27. The number of aliphatic carboxylic acids is 1. The van der Waals surface area contributed by atoms with Crippen molar-refractivity contribution in [3.05, 3.63) is 0 Å². The van der Waals surface area contributed by atoms with Crippen LogP contribution in [0.3, 0.4) is 0 Å². The molecule has 0 spiro atoms. The Kier molecular flexibility index (Phi) is 43.8. The van der Waals surface area contributed by atoms with Crippen LogP contribution in [0, 0.1) is 0 Å². The molecular formula is C19HI37O2. The molecule has 58 heavy (non-hydrogen) atoms. The van der Waals surface area contributed by atoms with Gasteiger partial charge in [0, 0.05) is 0 Å². The van der Waals surface area contributed by atoms with Crippen LogP contribution < -0.4 is 0 Å². The molecule has 0 fully saturated rings. The zero-order valence-electron chi connectivity index (χ0n) is 24.3. The van der Waals surface area contributed by atoms with Gasteiger partial charge in [0.2, 0.25) is 0 Å². The Morgan fingerprint density at radius 2 is 0.310 bits per heavy atom. The second kappa shape index (κ2) is 30.0. The van der Waals surface area contributed by atoms with Crippen LogP contribution in [0.1, 0.15) is 0 Å². The molecule has 0 aliphatic rings.